The predicted octanol–water partition coefficient (Wildman–Crippen LogP) is 5.71. The Bertz CT molecular complexity index is 1100. The SMILES string of the molecule is COc1cccc(C(=O)NN(C(=O)c2cc(C)cc(C)c2)C2(C(C)(C)C)C=CC=CC2)c1C. The topological polar surface area (TPSA) is 58.6 Å². The van der Waals surface area contributed by atoms with Crippen molar-refractivity contribution in [3.63, 3.8) is 0 Å². The van der Waals surface area contributed by atoms with Crippen LogP contribution in [0.15, 0.2) is 60.7 Å². The summed E-state index contributed by atoms with van der Waals surface area (Å²) in [7, 11) is 1.58. The van der Waals surface area contributed by atoms with Crippen molar-refractivity contribution in [2.75, 3.05) is 7.11 Å². The number of aryl methyl sites for hydroxylation is 2. The van der Waals surface area contributed by atoms with Crippen molar-refractivity contribution in [2.45, 2.75) is 53.5 Å². The molecule has 0 radical (unpaired) electrons. The van der Waals surface area contributed by atoms with E-state index in [1.807, 2.05) is 69.3 Å². The van der Waals surface area contributed by atoms with Gasteiger partial charge in [0, 0.05) is 16.7 Å². The summed E-state index contributed by atoms with van der Waals surface area (Å²) >= 11 is 0. The maximum Gasteiger partial charge on any atom is 0.273 e. The fourth-order valence-corrected chi connectivity index (χ4v) is 4.47. The summed E-state index contributed by atoms with van der Waals surface area (Å²) in [4.78, 5) is 27.5. The first-order valence-corrected chi connectivity index (χ1v) is 11.2. The molecule has 1 aliphatic rings. The minimum atomic E-state index is -0.751. The van der Waals surface area contributed by atoms with Crippen molar-refractivity contribution in [3.8, 4) is 5.75 Å². The van der Waals surface area contributed by atoms with Crippen LogP contribution in [0.3, 0.4) is 0 Å². The Morgan fingerprint density at radius 2 is 1.70 bits per heavy atom. The van der Waals surface area contributed by atoms with E-state index in [4.69, 9.17) is 4.74 Å². The Morgan fingerprint density at radius 1 is 1.03 bits per heavy atom. The third kappa shape index (κ3) is 4.72. The van der Waals surface area contributed by atoms with Crippen LogP contribution < -0.4 is 10.2 Å². The minimum absolute atomic E-state index is 0.245. The van der Waals surface area contributed by atoms with Crippen LogP contribution in [0.1, 0.15) is 64.6 Å². The number of hydrogen-bond acceptors (Lipinski definition) is 3. The predicted molar refractivity (Wildman–Crippen MR) is 132 cm³/mol. The number of ether oxygens (including phenoxy) is 1. The molecule has 1 aliphatic carbocycles. The van der Waals surface area contributed by atoms with E-state index in [9.17, 15) is 9.59 Å². The summed E-state index contributed by atoms with van der Waals surface area (Å²) in [6.07, 6.45) is 8.56. The second-order valence-electron chi connectivity index (χ2n) is 9.76. The first-order valence-electron chi connectivity index (χ1n) is 11.2. The fraction of sp³-hybridized carbons (Fsp3) is 0.357. The molecule has 0 fully saturated rings. The quantitative estimate of drug-likeness (QED) is 0.612. The van der Waals surface area contributed by atoms with Crippen LogP contribution in [-0.4, -0.2) is 29.5 Å². The zero-order valence-electron chi connectivity index (χ0n) is 20.7. The number of amides is 2. The molecule has 2 aromatic rings. The lowest BCUT2D eigenvalue weighted by atomic mass is 9.69. The molecular formula is C28H34N2O3. The lowest BCUT2D eigenvalue weighted by Gasteiger charge is -2.50. The van der Waals surface area contributed by atoms with E-state index in [1.165, 1.54) is 5.01 Å². The molecule has 0 saturated carbocycles. The summed E-state index contributed by atoms with van der Waals surface area (Å²) in [6.45, 7) is 12.0. The molecule has 0 aromatic heterocycles. The molecule has 174 valence electrons. The highest BCUT2D eigenvalue weighted by molar-refractivity contribution is 6.00. The van der Waals surface area contributed by atoms with Crippen molar-refractivity contribution < 1.29 is 14.3 Å². The van der Waals surface area contributed by atoms with Gasteiger partial charge in [-0.15, -0.1) is 0 Å². The number of rotatable bonds is 4. The minimum Gasteiger partial charge on any atom is -0.496 e. The Balaban J connectivity index is 2.13. The normalized spacial score (nSPS) is 17.5. The first kappa shape index (κ1) is 24.3. The van der Waals surface area contributed by atoms with Gasteiger partial charge in [0.25, 0.3) is 11.8 Å². The molecular weight excluding hydrogens is 412 g/mol. The smallest absolute Gasteiger partial charge is 0.273 e. The molecule has 0 saturated heterocycles. The molecule has 33 heavy (non-hydrogen) atoms. The number of carbonyl (C=O) groups is 2. The van der Waals surface area contributed by atoms with E-state index in [0.717, 1.165) is 16.7 Å². The maximum atomic E-state index is 14.0. The standard InChI is InChI=1S/C28H34N2O3/c1-19-16-20(2)18-22(17-19)26(32)30(28(27(4,5)6)14-9-8-10-15-28)29-25(31)23-12-11-13-24(33-7)21(23)3/h8-14,16-18H,15H2,1-7H3,(H,29,31). The number of carbonyl (C=O) groups excluding carboxylic acids is 2. The molecule has 3 rings (SSSR count). The third-order valence-electron chi connectivity index (χ3n) is 6.38. The Morgan fingerprint density at radius 3 is 2.24 bits per heavy atom. The fourth-order valence-electron chi connectivity index (χ4n) is 4.47. The van der Waals surface area contributed by atoms with Gasteiger partial charge in [-0.05, 0) is 56.9 Å². The van der Waals surface area contributed by atoms with Gasteiger partial charge < -0.3 is 4.74 Å². The zero-order chi connectivity index (χ0) is 24.4. The van der Waals surface area contributed by atoms with Crippen molar-refractivity contribution >= 4 is 11.8 Å². The van der Waals surface area contributed by atoms with Crippen LogP contribution >= 0.6 is 0 Å². The van der Waals surface area contributed by atoms with Gasteiger partial charge in [0.1, 0.15) is 5.75 Å². The van der Waals surface area contributed by atoms with Crippen molar-refractivity contribution in [1.29, 1.82) is 0 Å². The average molecular weight is 447 g/mol. The van der Waals surface area contributed by atoms with E-state index in [-0.39, 0.29) is 17.2 Å². The van der Waals surface area contributed by atoms with Gasteiger partial charge in [0.05, 0.1) is 12.6 Å². The molecule has 1 unspecified atom stereocenters. The molecule has 5 heteroatoms. The highest BCUT2D eigenvalue weighted by Crippen LogP contribution is 2.42. The largest absolute Gasteiger partial charge is 0.496 e. The van der Waals surface area contributed by atoms with Gasteiger partial charge in [0.2, 0.25) is 0 Å². The van der Waals surface area contributed by atoms with E-state index in [0.29, 0.717) is 23.3 Å². The number of hydrazine groups is 1. The first-order chi connectivity index (χ1) is 15.5. The number of allylic oxidation sites excluding steroid dienone is 2. The summed E-state index contributed by atoms with van der Waals surface area (Å²) in [5, 5.41) is 1.53. The number of hydrogen-bond donors (Lipinski definition) is 1. The van der Waals surface area contributed by atoms with Crippen LogP contribution in [-0.2, 0) is 0 Å². The Kier molecular flexibility index (Phi) is 6.82. The molecule has 0 spiro atoms. The van der Waals surface area contributed by atoms with E-state index >= 15 is 0 Å². The highest BCUT2D eigenvalue weighted by atomic mass is 16.5. The number of methoxy groups -OCH3 is 1. The molecule has 1 N–H and O–H groups in total. The molecule has 0 heterocycles. The van der Waals surface area contributed by atoms with Gasteiger partial charge in [-0.25, -0.2) is 5.01 Å². The number of benzene rings is 2. The summed E-state index contributed by atoms with van der Waals surface area (Å²) in [6, 6.07) is 11.1. The third-order valence-corrected chi connectivity index (χ3v) is 6.38. The van der Waals surface area contributed by atoms with Crippen LogP contribution in [0.2, 0.25) is 0 Å². The maximum absolute atomic E-state index is 14.0. The van der Waals surface area contributed by atoms with Crippen LogP contribution in [0.5, 0.6) is 5.75 Å². The van der Waals surface area contributed by atoms with Gasteiger partial charge in [0.15, 0.2) is 0 Å². The second kappa shape index (κ2) is 9.26. The Hall–Kier alpha value is -3.34. The van der Waals surface area contributed by atoms with Crippen LogP contribution in [0, 0.1) is 26.2 Å². The van der Waals surface area contributed by atoms with Crippen LogP contribution in [0.4, 0.5) is 0 Å². The molecule has 2 aromatic carbocycles. The Labute approximate surface area is 197 Å². The van der Waals surface area contributed by atoms with Gasteiger partial charge in [-0.3, -0.25) is 15.0 Å². The summed E-state index contributed by atoms with van der Waals surface area (Å²) in [5.41, 5.74) is 5.60. The zero-order valence-corrected chi connectivity index (χ0v) is 20.7. The average Bonchev–Trinajstić information content (AvgIpc) is 2.76. The molecule has 1 atom stereocenters. The second-order valence-corrected chi connectivity index (χ2v) is 9.76. The molecule has 2 amide bonds. The van der Waals surface area contributed by atoms with Gasteiger partial charge >= 0.3 is 0 Å². The van der Waals surface area contributed by atoms with Gasteiger partial charge in [-0.1, -0.05) is 68.3 Å². The van der Waals surface area contributed by atoms with E-state index in [1.54, 1.807) is 19.2 Å². The monoisotopic (exact) mass is 446 g/mol. The van der Waals surface area contributed by atoms with E-state index in [2.05, 4.69) is 26.2 Å². The summed E-state index contributed by atoms with van der Waals surface area (Å²) in [5.74, 6) is 0.0298. The van der Waals surface area contributed by atoms with Gasteiger partial charge in [-0.2, -0.15) is 0 Å². The summed E-state index contributed by atoms with van der Waals surface area (Å²) < 4.78 is 5.39. The highest BCUT2D eigenvalue weighted by Gasteiger charge is 2.48. The van der Waals surface area contributed by atoms with Crippen molar-refractivity contribution in [2.24, 2.45) is 5.41 Å². The lowest BCUT2D eigenvalue weighted by Crippen LogP contribution is -2.64. The molecule has 5 nitrogen and oxygen atoms in total. The van der Waals surface area contributed by atoms with Crippen molar-refractivity contribution in [1.82, 2.24) is 10.4 Å². The lowest BCUT2D eigenvalue weighted by molar-refractivity contribution is 0.000827. The van der Waals surface area contributed by atoms with Crippen molar-refractivity contribution in [3.05, 3.63) is 88.5 Å². The number of nitrogens with zero attached hydrogens (tertiary/aromatic N) is 1. The molecule has 0 bridgehead atoms. The van der Waals surface area contributed by atoms with Crippen LogP contribution in [0.25, 0.3) is 0 Å². The molecule has 0 aliphatic heterocycles. The number of nitrogens with one attached hydrogen (secondary N) is 1. The van der Waals surface area contributed by atoms with E-state index < -0.39 is 5.54 Å².